The van der Waals surface area contributed by atoms with Crippen molar-refractivity contribution in [2.45, 2.75) is 36.9 Å². The van der Waals surface area contributed by atoms with Crippen LogP contribution in [0.15, 0.2) is 28.0 Å². The third-order valence-corrected chi connectivity index (χ3v) is 5.48. The van der Waals surface area contributed by atoms with Crippen LogP contribution in [-0.4, -0.2) is 32.9 Å². The van der Waals surface area contributed by atoms with Crippen LogP contribution in [0, 0.1) is 11.8 Å². The quantitative estimate of drug-likeness (QED) is 0.827. The van der Waals surface area contributed by atoms with E-state index in [1.807, 2.05) is 6.07 Å². The third-order valence-electron chi connectivity index (χ3n) is 4.64. The number of aromatic amines is 1. The summed E-state index contributed by atoms with van der Waals surface area (Å²) in [7, 11) is 0. The lowest BCUT2D eigenvalue weighted by molar-refractivity contribution is -0.119. The summed E-state index contributed by atoms with van der Waals surface area (Å²) in [4.78, 5) is 16.4. The van der Waals surface area contributed by atoms with E-state index in [1.165, 1.54) is 31.0 Å². The second-order valence-electron chi connectivity index (χ2n) is 6.08. The Kier molecular flexibility index (Phi) is 3.65. The van der Waals surface area contributed by atoms with Crippen LogP contribution in [-0.2, 0) is 4.79 Å². The maximum absolute atomic E-state index is 12.1. The van der Waals surface area contributed by atoms with Crippen molar-refractivity contribution in [2.24, 2.45) is 11.8 Å². The minimum absolute atomic E-state index is 0.0758. The molecule has 0 spiro atoms. The predicted octanol–water partition coefficient (Wildman–Crippen LogP) is 2.46. The molecule has 0 aliphatic heterocycles. The Balaban J connectivity index is 1.28. The number of carbonyl (C=O) groups is 1. The zero-order valence-electron chi connectivity index (χ0n) is 12.1. The van der Waals surface area contributed by atoms with E-state index in [0.29, 0.717) is 34.5 Å². The number of nitrogens with zero attached hydrogens (tertiary/aromatic N) is 2. The first-order chi connectivity index (χ1) is 10.8. The van der Waals surface area contributed by atoms with Gasteiger partial charge in [0.25, 0.3) is 0 Å². The van der Waals surface area contributed by atoms with E-state index < -0.39 is 0 Å². The van der Waals surface area contributed by atoms with Crippen molar-refractivity contribution in [3.05, 3.63) is 18.4 Å². The number of nitrogens with one attached hydrogen (secondary N) is 2. The van der Waals surface area contributed by atoms with Crippen LogP contribution in [0.25, 0.3) is 11.6 Å². The van der Waals surface area contributed by atoms with Crippen molar-refractivity contribution in [1.29, 1.82) is 0 Å². The molecule has 6 nitrogen and oxygen atoms in total. The van der Waals surface area contributed by atoms with Gasteiger partial charge in [-0.2, -0.15) is 4.98 Å². The molecule has 2 N–H and O–H groups in total. The molecule has 2 aromatic rings. The zero-order chi connectivity index (χ0) is 14.9. The lowest BCUT2D eigenvalue weighted by Crippen LogP contribution is -2.39. The standard InChI is InChI=1S/C15H18N4O2S/c20-13(16-11-7-9-3-4-10(11)6-9)8-22-15-17-14(18-19-15)12-2-1-5-21-12/h1-2,5,9-11H,3-4,6-8H2,(H,16,20)(H,17,18,19). The number of fused-ring (bicyclic) bond motifs is 2. The summed E-state index contributed by atoms with van der Waals surface area (Å²) >= 11 is 1.34. The molecule has 0 aromatic carbocycles. The van der Waals surface area contributed by atoms with Gasteiger partial charge in [0.1, 0.15) is 0 Å². The Hall–Kier alpha value is -1.76. The maximum Gasteiger partial charge on any atom is 0.230 e. The highest BCUT2D eigenvalue weighted by Gasteiger charge is 2.39. The summed E-state index contributed by atoms with van der Waals surface area (Å²) in [5.41, 5.74) is 0. The van der Waals surface area contributed by atoms with E-state index in [9.17, 15) is 4.79 Å². The van der Waals surface area contributed by atoms with Gasteiger partial charge in [-0.1, -0.05) is 18.2 Å². The molecule has 3 unspecified atom stereocenters. The van der Waals surface area contributed by atoms with Crippen LogP contribution in [0.5, 0.6) is 0 Å². The number of aromatic nitrogens is 3. The van der Waals surface area contributed by atoms with Gasteiger partial charge in [-0.3, -0.25) is 9.89 Å². The Bertz CT molecular complexity index is 654. The molecule has 2 aliphatic rings. The number of hydrogen-bond donors (Lipinski definition) is 2. The Labute approximate surface area is 132 Å². The monoisotopic (exact) mass is 318 g/mol. The van der Waals surface area contributed by atoms with Crippen molar-refractivity contribution >= 4 is 17.7 Å². The molecule has 4 rings (SSSR count). The predicted molar refractivity (Wildman–Crippen MR) is 82.2 cm³/mol. The summed E-state index contributed by atoms with van der Waals surface area (Å²) in [5.74, 6) is 3.20. The number of furan rings is 1. The first-order valence-electron chi connectivity index (χ1n) is 7.66. The molecular formula is C15H18N4O2S. The van der Waals surface area contributed by atoms with Crippen molar-refractivity contribution in [2.75, 3.05) is 5.75 Å². The molecule has 2 bridgehead atoms. The first kappa shape index (κ1) is 13.9. The van der Waals surface area contributed by atoms with Crippen molar-refractivity contribution in [3.8, 4) is 11.6 Å². The van der Waals surface area contributed by atoms with Crippen LogP contribution in [0.2, 0.25) is 0 Å². The molecule has 7 heteroatoms. The summed E-state index contributed by atoms with van der Waals surface area (Å²) in [6.45, 7) is 0. The third kappa shape index (κ3) is 2.77. The van der Waals surface area contributed by atoms with Gasteiger partial charge in [0, 0.05) is 6.04 Å². The molecule has 2 aromatic heterocycles. The largest absolute Gasteiger partial charge is 0.461 e. The fraction of sp³-hybridized carbons (Fsp3) is 0.533. The lowest BCUT2D eigenvalue weighted by atomic mass is 9.95. The molecule has 22 heavy (non-hydrogen) atoms. The molecule has 0 radical (unpaired) electrons. The number of carbonyl (C=O) groups excluding carboxylic acids is 1. The first-order valence-corrected chi connectivity index (χ1v) is 8.65. The van der Waals surface area contributed by atoms with E-state index in [0.717, 1.165) is 12.3 Å². The molecule has 2 saturated carbocycles. The topological polar surface area (TPSA) is 83.8 Å². The Morgan fingerprint density at radius 2 is 2.41 bits per heavy atom. The molecule has 3 atom stereocenters. The van der Waals surface area contributed by atoms with E-state index in [1.54, 1.807) is 12.3 Å². The lowest BCUT2D eigenvalue weighted by Gasteiger charge is -2.22. The molecule has 2 heterocycles. The second kappa shape index (κ2) is 5.79. The van der Waals surface area contributed by atoms with Gasteiger partial charge >= 0.3 is 0 Å². The summed E-state index contributed by atoms with van der Waals surface area (Å²) in [6.07, 6.45) is 6.66. The minimum Gasteiger partial charge on any atom is -0.461 e. The number of H-pyrrole nitrogens is 1. The molecule has 116 valence electrons. The normalized spacial score (nSPS) is 26.5. The molecule has 2 aliphatic carbocycles. The number of rotatable bonds is 5. The van der Waals surface area contributed by atoms with Gasteiger partial charge in [0.2, 0.25) is 11.1 Å². The summed E-state index contributed by atoms with van der Waals surface area (Å²) in [5, 5.41) is 10.7. The van der Waals surface area contributed by atoms with Gasteiger partial charge in [0.15, 0.2) is 11.6 Å². The van der Waals surface area contributed by atoms with Crippen LogP contribution >= 0.6 is 11.8 Å². The average Bonchev–Trinajstić information content (AvgIpc) is 3.27. The van der Waals surface area contributed by atoms with E-state index >= 15 is 0 Å². The Morgan fingerprint density at radius 3 is 3.14 bits per heavy atom. The van der Waals surface area contributed by atoms with E-state index in [-0.39, 0.29) is 5.91 Å². The smallest absolute Gasteiger partial charge is 0.230 e. The molecule has 1 amide bonds. The van der Waals surface area contributed by atoms with E-state index in [2.05, 4.69) is 20.5 Å². The van der Waals surface area contributed by atoms with Gasteiger partial charge < -0.3 is 9.73 Å². The second-order valence-corrected chi connectivity index (χ2v) is 7.02. The van der Waals surface area contributed by atoms with Gasteiger partial charge in [-0.15, -0.1) is 5.10 Å². The van der Waals surface area contributed by atoms with Crippen LogP contribution in [0.1, 0.15) is 25.7 Å². The molecule has 2 fully saturated rings. The number of hydrogen-bond acceptors (Lipinski definition) is 5. The average molecular weight is 318 g/mol. The fourth-order valence-corrected chi connectivity index (χ4v) is 4.24. The summed E-state index contributed by atoms with van der Waals surface area (Å²) in [6, 6.07) is 4.00. The highest BCUT2D eigenvalue weighted by molar-refractivity contribution is 7.99. The van der Waals surface area contributed by atoms with E-state index in [4.69, 9.17) is 4.42 Å². The van der Waals surface area contributed by atoms with Crippen LogP contribution in [0.3, 0.4) is 0 Å². The van der Waals surface area contributed by atoms with Gasteiger partial charge in [-0.25, -0.2) is 0 Å². The highest BCUT2D eigenvalue weighted by Crippen LogP contribution is 2.44. The minimum atomic E-state index is 0.0758. The van der Waals surface area contributed by atoms with Crippen molar-refractivity contribution < 1.29 is 9.21 Å². The zero-order valence-corrected chi connectivity index (χ0v) is 12.9. The fourth-order valence-electron chi connectivity index (χ4n) is 3.63. The Morgan fingerprint density at radius 1 is 1.45 bits per heavy atom. The van der Waals surface area contributed by atoms with Crippen molar-refractivity contribution in [3.63, 3.8) is 0 Å². The molecule has 0 saturated heterocycles. The number of thioether (sulfide) groups is 1. The van der Waals surface area contributed by atoms with Crippen LogP contribution in [0.4, 0.5) is 0 Å². The molecular weight excluding hydrogens is 300 g/mol. The maximum atomic E-state index is 12.1. The van der Waals surface area contributed by atoms with Crippen LogP contribution < -0.4 is 5.32 Å². The van der Waals surface area contributed by atoms with Gasteiger partial charge in [-0.05, 0) is 43.2 Å². The van der Waals surface area contributed by atoms with Crippen molar-refractivity contribution in [1.82, 2.24) is 20.5 Å². The number of amides is 1. The van der Waals surface area contributed by atoms with Gasteiger partial charge in [0.05, 0.1) is 12.0 Å². The highest BCUT2D eigenvalue weighted by atomic mass is 32.2. The SMILES string of the molecule is O=C(CSc1n[nH]c(-c2ccco2)n1)NC1CC2CCC1C2. The summed E-state index contributed by atoms with van der Waals surface area (Å²) < 4.78 is 5.25.